The number of amides is 3. The van der Waals surface area contributed by atoms with Crippen LogP contribution >= 0.6 is 0 Å². The Morgan fingerprint density at radius 3 is 2.09 bits per heavy atom. The Balaban J connectivity index is 1.38. The van der Waals surface area contributed by atoms with Crippen molar-refractivity contribution in [2.75, 3.05) is 23.8 Å². The van der Waals surface area contributed by atoms with Gasteiger partial charge >= 0.3 is 0 Å². The van der Waals surface area contributed by atoms with Gasteiger partial charge in [0, 0.05) is 30.4 Å². The van der Waals surface area contributed by atoms with Crippen LogP contribution in [-0.2, 0) is 20.8 Å². The van der Waals surface area contributed by atoms with E-state index in [0.717, 1.165) is 5.56 Å². The lowest BCUT2D eigenvalue weighted by Gasteiger charge is -2.10. The number of hydrogen-bond acceptors (Lipinski definition) is 4. The van der Waals surface area contributed by atoms with Crippen molar-refractivity contribution in [1.82, 2.24) is 5.32 Å². The van der Waals surface area contributed by atoms with Crippen molar-refractivity contribution in [1.29, 1.82) is 0 Å². The smallest absolute Gasteiger partial charge is 0.262 e. The van der Waals surface area contributed by atoms with Gasteiger partial charge in [0.05, 0.1) is 6.42 Å². The Bertz CT molecular complexity index is 1040. The standard InChI is InChI=1S/C25H25N3O4/c29-23(14-15-26-24(30)16-19-8-3-1-4-9-19)28-21-12-7-13-22(17-21)32-18-25(31)27-20-10-5-2-6-11-20/h1-13,17H,14-16,18H2,(H,26,30)(H,27,31)(H,28,29). The lowest BCUT2D eigenvalue weighted by molar-refractivity contribution is -0.121. The zero-order chi connectivity index (χ0) is 22.6. The molecule has 7 heteroatoms. The summed E-state index contributed by atoms with van der Waals surface area (Å²) in [5.74, 6) is -0.184. The molecular formula is C25H25N3O4. The maximum atomic E-state index is 12.2. The minimum absolute atomic E-state index is 0.131. The van der Waals surface area contributed by atoms with Crippen molar-refractivity contribution in [2.24, 2.45) is 0 Å². The fraction of sp³-hybridized carbons (Fsp3) is 0.160. The summed E-state index contributed by atoms with van der Waals surface area (Å²) in [6.45, 7) is 0.0904. The molecule has 0 aromatic heterocycles. The van der Waals surface area contributed by atoms with E-state index >= 15 is 0 Å². The number of ether oxygens (including phenoxy) is 1. The number of nitrogens with one attached hydrogen (secondary N) is 3. The van der Waals surface area contributed by atoms with Crippen LogP contribution in [0.3, 0.4) is 0 Å². The van der Waals surface area contributed by atoms with Gasteiger partial charge in [-0.1, -0.05) is 54.6 Å². The quantitative estimate of drug-likeness (QED) is 0.458. The summed E-state index contributed by atoms with van der Waals surface area (Å²) in [6.07, 6.45) is 0.421. The van der Waals surface area contributed by atoms with Crippen molar-refractivity contribution in [3.8, 4) is 5.75 Å². The molecule has 0 radical (unpaired) electrons. The van der Waals surface area contributed by atoms with Crippen LogP contribution in [0.5, 0.6) is 5.75 Å². The molecule has 0 spiro atoms. The molecule has 0 heterocycles. The molecule has 3 rings (SSSR count). The second-order valence-corrected chi connectivity index (χ2v) is 7.04. The molecule has 3 aromatic carbocycles. The molecule has 0 atom stereocenters. The topological polar surface area (TPSA) is 96.5 Å². The zero-order valence-corrected chi connectivity index (χ0v) is 17.5. The summed E-state index contributed by atoms with van der Waals surface area (Å²) in [5, 5.41) is 8.24. The van der Waals surface area contributed by atoms with Gasteiger partial charge in [0.1, 0.15) is 5.75 Å². The van der Waals surface area contributed by atoms with E-state index < -0.39 is 0 Å². The first-order valence-corrected chi connectivity index (χ1v) is 10.3. The average molecular weight is 431 g/mol. The normalized spacial score (nSPS) is 10.1. The molecule has 0 fully saturated rings. The zero-order valence-electron chi connectivity index (χ0n) is 17.5. The molecule has 3 aromatic rings. The highest BCUT2D eigenvalue weighted by atomic mass is 16.5. The third-order valence-corrected chi connectivity index (χ3v) is 4.43. The number of anilines is 2. The van der Waals surface area contributed by atoms with Crippen LogP contribution in [0.15, 0.2) is 84.9 Å². The van der Waals surface area contributed by atoms with E-state index in [9.17, 15) is 14.4 Å². The second kappa shape index (κ2) is 11.9. The van der Waals surface area contributed by atoms with Crippen LogP contribution in [0.25, 0.3) is 0 Å². The molecule has 0 aliphatic heterocycles. The monoisotopic (exact) mass is 431 g/mol. The van der Waals surface area contributed by atoms with Gasteiger partial charge in [-0.05, 0) is 29.8 Å². The molecule has 3 N–H and O–H groups in total. The van der Waals surface area contributed by atoms with Gasteiger partial charge in [-0.3, -0.25) is 14.4 Å². The van der Waals surface area contributed by atoms with Crippen LogP contribution in [0.4, 0.5) is 11.4 Å². The first kappa shape index (κ1) is 22.6. The third-order valence-electron chi connectivity index (χ3n) is 4.43. The van der Waals surface area contributed by atoms with Crippen LogP contribution < -0.4 is 20.7 Å². The average Bonchev–Trinajstić information content (AvgIpc) is 2.79. The van der Waals surface area contributed by atoms with E-state index in [2.05, 4.69) is 16.0 Å². The SMILES string of the molecule is O=C(Cc1ccccc1)NCCC(=O)Nc1cccc(OCC(=O)Nc2ccccc2)c1. The van der Waals surface area contributed by atoms with E-state index in [0.29, 0.717) is 17.1 Å². The van der Waals surface area contributed by atoms with Gasteiger partial charge in [-0.25, -0.2) is 0 Å². The van der Waals surface area contributed by atoms with Crippen molar-refractivity contribution in [3.63, 3.8) is 0 Å². The Morgan fingerprint density at radius 2 is 1.34 bits per heavy atom. The van der Waals surface area contributed by atoms with Crippen molar-refractivity contribution < 1.29 is 19.1 Å². The van der Waals surface area contributed by atoms with Crippen LogP contribution in [0, 0.1) is 0 Å². The Labute approximate surface area is 186 Å². The highest BCUT2D eigenvalue weighted by Crippen LogP contribution is 2.17. The summed E-state index contributed by atoms with van der Waals surface area (Å²) in [4.78, 5) is 36.1. The molecular weight excluding hydrogens is 406 g/mol. The predicted molar refractivity (Wildman–Crippen MR) is 123 cm³/mol. The molecule has 0 aliphatic carbocycles. The minimum Gasteiger partial charge on any atom is -0.484 e. The molecule has 0 aliphatic rings. The molecule has 3 amide bonds. The number of carbonyl (C=O) groups is 3. The fourth-order valence-corrected chi connectivity index (χ4v) is 2.91. The first-order chi connectivity index (χ1) is 15.6. The highest BCUT2D eigenvalue weighted by molar-refractivity contribution is 5.92. The van der Waals surface area contributed by atoms with E-state index in [1.54, 1.807) is 36.4 Å². The third kappa shape index (κ3) is 7.95. The van der Waals surface area contributed by atoms with Gasteiger partial charge in [0.2, 0.25) is 11.8 Å². The fourth-order valence-electron chi connectivity index (χ4n) is 2.91. The summed E-state index contributed by atoms with van der Waals surface area (Å²) in [6, 6.07) is 25.3. The van der Waals surface area contributed by atoms with Crippen molar-refractivity contribution in [2.45, 2.75) is 12.8 Å². The lowest BCUT2D eigenvalue weighted by atomic mass is 10.1. The number of carbonyl (C=O) groups excluding carboxylic acids is 3. The highest BCUT2D eigenvalue weighted by Gasteiger charge is 2.08. The van der Waals surface area contributed by atoms with E-state index in [-0.39, 0.29) is 43.7 Å². The molecule has 164 valence electrons. The predicted octanol–water partition coefficient (Wildman–Crippen LogP) is 3.39. The molecule has 0 bridgehead atoms. The van der Waals surface area contributed by atoms with Gasteiger partial charge < -0.3 is 20.7 Å². The van der Waals surface area contributed by atoms with Gasteiger partial charge in [0.15, 0.2) is 6.61 Å². The van der Waals surface area contributed by atoms with E-state index in [1.165, 1.54) is 0 Å². The summed E-state index contributed by atoms with van der Waals surface area (Å²) in [7, 11) is 0. The number of hydrogen-bond donors (Lipinski definition) is 3. The molecule has 7 nitrogen and oxygen atoms in total. The maximum Gasteiger partial charge on any atom is 0.262 e. The summed E-state index contributed by atoms with van der Waals surface area (Å²) < 4.78 is 5.51. The van der Waals surface area contributed by atoms with Crippen LogP contribution in [-0.4, -0.2) is 30.9 Å². The maximum absolute atomic E-state index is 12.2. The first-order valence-electron chi connectivity index (χ1n) is 10.3. The van der Waals surface area contributed by atoms with Gasteiger partial charge in [0.25, 0.3) is 5.91 Å². The van der Waals surface area contributed by atoms with Crippen molar-refractivity contribution in [3.05, 3.63) is 90.5 Å². The molecule has 0 saturated carbocycles. The lowest BCUT2D eigenvalue weighted by Crippen LogP contribution is -2.28. The number of benzene rings is 3. The number of rotatable bonds is 10. The Kier molecular flexibility index (Phi) is 8.39. The summed E-state index contributed by atoms with van der Waals surface area (Å²) >= 11 is 0. The minimum atomic E-state index is -0.281. The summed E-state index contributed by atoms with van der Waals surface area (Å²) in [5.41, 5.74) is 2.16. The Hall–Kier alpha value is -4.13. The van der Waals surface area contributed by atoms with E-state index in [4.69, 9.17) is 4.74 Å². The largest absolute Gasteiger partial charge is 0.484 e. The van der Waals surface area contributed by atoms with Crippen LogP contribution in [0.2, 0.25) is 0 Å². The second-order valence-electron chi connectivity index (χ2n) is 7.04. The number of para-hydroxylation sites is 1. The molecule has 0 saturated heterocycles. The van der Waals surface area contributed by atoms with Crippen molar-refractivity contribution >= 4 is 29.1 Å². The molecule has 32 heavy (non-hydrogen) atoms. The van der Waals surface area contributed by atoms with E-state index in [1.807, 2.05) is 48.5 Å². The van der Waals surface area contributed by atoms with Crippen LogP contribution in [0.1, 0.15) is 12.0 Å². The molecule has 0 unspecified atom stereocenters. The Morgan fingerprint density at radius 1 is 0.688 bits per heavy atom. The van der Waals surface area contributed by atoms with Gasteiger partial charge in [-0.2, -0.15) is 0 Å². The van der Waals surface area contributed by atoms with Gasteiger partial charge in [-0.15, -0.1) is 0 Å².